The number of aliphatic hydroxyl groups is 1. The monoisotopic (exact) mass is 508 g/mol. The second-order valence-electron chi connectivity index (χ2n) is 9.96. The Morgan fingerprint density at radius 1 is 0.816 bits per heavy atom. The zero-order valence-corrected chi connectivity index (χ0v) is 22.0. The number of hydrogen-bond donors (Lipinski definition) is 3. The van der Waals surface area contributed by atoms with Gasteiger partial charge in [-0.15, -0.1) is 0 Å². The van der Waals surface area contributed by atoms with Gasteiger partial charge in [-0.1, -0.05) is 91.0 Å². The third kappa shape index (κ3) is 7.54. The van der Waals surface area contributed by atoms with Gasteiger partial charge in [0, 0.05) is 31.4 Å². The Morgan fingerprint density at radius 3 is 2.08 bits per heavy atom. The van der Waals surface area contributed by atoms with Crippen LogP contribution < -0.4 is 5.32 Å². The quantitative estimate of drug-likeness (QED) is 0.200. The minimum Gasteiger partial charge on any atom is -0.478 e. The van der Waals surface area contributed by atoms with Gasteiger partial charge in [-0.25, -0.2) is 4.79 Å². The minimum absolute atomic E-state index is 0.130. The average Bonchev–Trinajstić information content (AvgIpc) is 2.92. The van der Waals surface area contributed by atoms with Crippen LogP contribution in [0.2, 0.25) is 0 Å². The van der Waals surface area contributed by atoms with Crippen molar-refractivity contribution < 1.29 is 15.0 Å². The van der Waals surface area contributed by atoms with Crippen LogP contribution in [0.1, 0.15) is 47.0 Å². The number of carboxylic acids is 1. The predicted octanol–water partition coefficient (Wildman–Crippen LogP) is 6.65. The fraction of sp³-hybridized carbons (Fsp3) is 0.242. The predicted molar refractivity (Wildman–Crippen MR) is 154 cm³/mol. The van der Waals surface area contributed by atoms with Gasteiger partial charge in [0.25, 0.3) is 0 Å². The molecule has 0 heterocycles. The third-order valence-corrected chi connectivity index (χ3v) is 6.56. The fourth-order valence-corrected chi connectivity index (χ4v) is 4.59. The molecule has 0 fully saturated rings. The summed E-state index contributed by atoms with van der Waals surface area (Å²) in [7, 11) is 0. The van der Waals surface area contributed by atoms with Crippen molar-refractivity contribution in [3.63, 3.8) is 0 Å². The molecule has 0 aliphatic rings. The van der Waals surface area contributed by atoms with Crippen molar-refractivity contribution >= 4 is 11.7 Å². The first-order valence-corrected chi connectivity index (χ1v) is 13.1. The SMILES string of the molecule is CC(C)Nc1cc(-c2ccc(CCN(Cc3ccccc3)C[C@H](O)c3ccccc3)cc2)ccc1C(=O)O. The molecule has 0 spiro atoms. The summed E-state index contributed by atoms with van der Waals surface area (Å²) in [6, 6.07) is 34.2. The summed E-state index contributed by atoms with van der Waals surface area (Å²) >= 11 is 0. The van der Waals surface area contributed by atoms with E-state index in [0.29, 0.717) is 12.2 Å². The molecular weight excluding hydrogens is 472 g/mol. The van der Waals surface area contributed by atoms with Gasteiger partial charge in [-0.3, -0.25) is 4.90 Å². The number of nitrogens with zero attached hydrogens (tertiary/aromatic N) is 1. The van der Waals surface area contributed by atoms with Gasteiger partial charge < -0.3 is 15.5 Å². The van der Waals surface area contributed by atoms with Crippen LogP contribution in [0.5, 0.6) is 0 Å². The van der Waals surface area contributed by atoms with Gasteiger partial charge in [0.2, 0.25) is 0 Å². The lowest BCUT2D eigenvalue weighted by Crippen LogP contribution is -2.30. The van der Waals surface area contributed by atoms with Crippen LogP contribution in [0.25, 0.3) is 11.1 Å². The molecule has 0 bridgehead atoms. The molecule has 4 aromatic rings. The van der Waals surface area contributed by atoms with Crippen molar-refractivity contribution in [1.29, 1.82) is 0 Å². The minimum atomic E-state index is -0.938. The highest BCUT2D eigenvalue weighted by molar-refractivity contribution is 5.95. The summed E-state index contributed by atoms with van der Waals surface area (Å²) in [4.78, 5) is 13.9. The van der Waals surface area contributed by atoms with Crippen molar-refractivity contribution in [2.45, 2.75) is 39.0 Å². The molecule has 3 N–H and O–H groups in total. The standard InChI is InChI=1S/C33H36N2O3/c1-24(2)34-31-21-29(17-18-30(31)33(37)38)27-15-13-25(14-16-27)19-20-35(22-26-9-5-3-6-10-26)23-32(36)28-11-7-4-8-12-28/h3-18,21,24,32,34,36H,19-20,22-23H2,1-2H3,(H,37,38)/t32-/m0/s1. The second-order valence-corrected chi connectivity index (χ2v) is 9.96. The molecule has 0 aliphatic carbocycles. The van der Waals surface area contributed by atoms with E-state index in [1.54, 1.807) is 6.07 Å². The van der Waals surface area contributed by atoms with Gasteiger partial charge in [0.05, 0.1) is 11.7 Å². The van der Waals surface area contributed by atoms with Crippen LogP contribution in [0, 0.1) is 0 Å². The Balaban J connectivity index is 1.46. The summed E-state index contributed by atoms with van der Waals surface area (Å²) in [5.74, 6) is -0.938. The number of aromatic carboxylic acids is 1. The highest BCUT2D eigenvalue weighted by Gasteiger charge is 2.15. The molecule has 0 radical (unpaired) electrons. The highest BCUT2D eigenvalue weighted by atomic mass is 16.4. The van der Waals surface area contributed by atoms with Crippen LogP contribution in [0.15, 0.2) is 103 Å². The smallest absolute Gasteiger partial charge is 0.337 e. The molecule has 5 nitrogen and oxygen atoms in total. The molecule has 38 heavy (non-hydrogen) atoms. The Morgan fingerprint density at radius 2 is 1.45 bits per heavy atom. The zero-order valence-electron chi connectivity index (χ0n) is 22.0. The lowest BCUT2D eigenvalue weighted by atomic mass is 10.00. The fourth-order valence-electron chi connectivity index (χ4n) is 4.59. The van der Waals surface area contributed by atoms with Crippen molar-refractivity contribution in [3.05, 3.63) is 125 Å². The number of anilines is 1. The summed E-state index contributed by atoms with van der Waals surface area (Å²) in [5, 5.41) is 23.7. The van der Waals surface area contributed by atoms with Crippen LogP contribution in [-0.4, -0.2) is 40.2 Å². The molecular formula is C33H36N2O3. The van der Waals surface area contributed by atoms with E-state index < -0.39 is 12.1 Å². The number of carbonyl (C=O) groups is 1. The molecule has 5 heteroatoms. The molecule has 0 saturated carbocycles. The first-order chi connectivity index (χ1) is 18.4. The van der Waals surface area contributed by atoms with E-state index in [4.69, 9.17) is 0 Å². The van der Waals surface area contributed by atoms with Crippen LogP contribution in [0.4, 0.5) is 5.69 Å². The summed E-state index contributed by atoms with van der Waals surface area (Å²) in [5.41, 5.74) is 6.27. The van der Waals surface area contributed by atoms with Crippen molar-refractivity contribution in [2.75, 3.05) is 18.4 Å². The molecule has 0 aliphatic heterocycles. The Bertz CT molecular complexity index is 1310. The molecule has 0 saturated heterocycles. The molecule has 0 aromatic heterocycles. The molecule has 0 amide bonds. The molecule has 4 rings (SSSR count). The van der Waals surface area contributed by atoms with Crippen molar-refractivity contribution in [3.8, 4) is 11.1 Å². The van der Waals surface area contributed by atoms with E-state index in [0.717, 1.165) is 36.2 Å². The number of nitrogens with one attached hydrogen (secondary N) is 1. The highest BCUT2D eigenvalue weighted by Crippen LogP contribution is 2.27. The van der Waals surface area contributed by atoms with Gasteiger partial charge in [0.15, 0.2) is 0 Å². The normalized spacial score (nSPS) is 12.0. The maximum absolute atomic E-state index is 11.6. The van der Waals surface area contributed by atoms with E-state index in [1.807, 2.05) is 74.5 Å². The second kappa shape index (κ2) is 13.0. The van der Waals surface area contributed by atoms with E-state index in [2.05, 4.69) is 46.6 Å². The van der Waals surface area contributed by atoms with E-state index >= 15 is 0 Å². The number of aliphatic hydroxyl groups excluding tert-OH is 1. The van der Waals surface area contributed by atoms with E-state index in [9.17, 15) is 15.0 Å². The third-order valence-electron chi connectivity index (χ3n) is 6.56. The summed E-state index contributed by atoms with van der Waals surface area (Å²) < 4.78 is 0. The number of hydrogen-bond acceptors (Lipinski definition) is 4. The van der Waals surface area contributed by atoms with Gasteiger partial charge in [-0.05, 0) is 60.2 Å². The number of carboxylic acid groups (broad SMARTS) is 1. The Hall–Kier alpha value is -3.93. The first kappa shape index (κ1) is 27.1. The molecule has 4 aromatic carbocycles. The van der Waals surface area contributed by atoms with E-state index in [-0.39, 0.29) is 11.6 Å². The Kier molecular flexibility index (Phi) is 9.30. The topological polar surface area (TPSA) is 72.8 Å². The molecule has 1 atom stereocenters. The van der Waals surface area contributed by atoms with Crippen LogP contribution in [0.3, 0.4) is 0 Å². The van der Waals surface area contributed by atoms with Crippen LogP contribution >= 0.6 is 0 Å². The van der Waals surface area contributed by atoms with Gasteiger partial charge >= 0.3 is 5.97 Å². The van der Waals surface area contributed by atoms with Gasteiger partial charge in [-0.2, -0.15) is 0 Å². The first-order valence-electron chi connectivity index (χ1n) is 13.1. The maximum atomic E-state index is 11.6. The van der Waals surface area contributed by atoms with Crippen molar-refractivity contribution in [1.82, 2.24) is 4.90 Å². The van der Waals surface area contributed by atoms with Crippen LogP contribution in [-0.2, 0) is 13.0 Å². The largest absolute Gasteiger partial charge is 0.478 e. The number of rotatable bonds is 12. The average molecular weight is 509 g/mol. The summed E-state index contributed by atoms with van der Waals surface area (Å²) in [6.07, 6.45) is 0.303. The van der Waals surface area contributed by atoms with Crippen molar-refractivity contribution in [2.24, 2.45) is 0 Å². The lowest BCUT2D eigenvalue weighted by molar-refractivity contribution is 0.0698. The maximum Gasteiger partial charge on any atom is 0.337 e. The lowest BCUT2D eigenvalue weighted by Gasteiger charge is -2.25. The van der Waals surface area contributed by atoms with E-state index in [1.165, 1.54) is 11.1 Å². The summed E-state index contributed by atoms with van der Waals surface area (Å²) in [6.45, 7) is 6.12. The van der Waals surface area contributed by atoms with Gasteiger partial charge in [0.1, 0.15) is 0 Å². The molecule has 196 valence electrons. The molecule has 0 unspecified atom stereocenters. The zero-order chi connectivity index (χ0) is 26.9. The number of benzene rings is 4. The Labute approximate surface area is 225 Å².